The quantitative estimate of drug-likeness (QED) is 0.423. The molecular formula is OS5+2. The maximum Gasteiger partial charge on any atom is 0.625 e. The van der Waals surface area contributed by atoms with Gasteiger partial charge >= 0.3 is 27.6 Å². The van der Waals surface area contributed by atoms with E-state index in [1.807, 2.05) is 0 Å². The molecule has 0 aliphatic heterocycles. The highest BCUT2D eigenvalue weighted by Gasteiger charge is 2.20. The summed E-state index contributed by atoms with van der Waals surface area (Å²) >= 11 is 8.61. The summed E-state index contributed by atoms with van der Waals surface area (Å²) in [6, 6.07) is 0. The molecule has 0 saturated carbocycles. The minimum absolute atomic E-state index is 0.839. The van der Waals surface area contributed by atoms with Crippen molar-refractivity contribution in [3.8, 4) is 0 Å². The number of hydrogen-bond acceptors (Lipinski definition) is 3. The van der Waals surface area contributed by atoms with Crippen molar-refractivity contribution >= 4 is 49.9 Å². The maximum absolute atomic E-state index is 10.0. The summed E-state index contributed by atoms with van der Waals surface area (Å²) in [5, 5.41) is 0. The van der Waals surface area contributed by atoms with E-state index in [-0.39, 0.29) is 0 Å². The van der Waals surface area contributed by atoms with Crippen LogP contribution in [0, 0.1) is 0 Å². The molecule has 0 amide bonds. The lowest BCUT2D eigenvalue weighted by atomic mass is 16.0. The third kappa shape index (κ3) is 3.23. The van der Waals surface area contributed by atoms with Crippen molar-refractivity contribution in [2.24, 2.45) is 0 Å². The summed E-state index contributed by atoms with van der Waals surface area (Å²) in [6.45, 7) is 0. The van der Waals surface area contributed by atoms with Gasteiger partial charge in [-0.15, -0.1) is 4.21 Å². The van der Waals surface area contributed by atoms with Gasteiger partial charge in [-0.2, -0.15) is 0 Å². The van der Waals surface area contributed by atoms with Gasteiger partial charge in [0.05, 0.1) is 0 Å². The molecular weight excluding hydrogens is 176 g/mol. The van der Waals surface area contributed by atoms with Gasteiger partial charge in [0.1, 0.15) is 0 Å². The molecule has 0 aromatic heterocycles. The molecule has 0 radical (unpaired) electrons. The predicted molar refractivity (Wildman–Crippen MR) is 37.6 cm³/mol. The third-order valence-corrected chi connectivity index (χ3v) is 6.00. The van der Waals surface area contributed by atoms with E-state index in [1.165, 1.54) is 0 Å². The molecule has 0 heterocycles. The zero-order valence-electron chi connectivity index (χ0n) is 2.45. The SMILES string of the molecule is O=S([S+]=S)[S+]=S. The van der Waals surface area contributed by atoms with Gasteiger partial charge < -0.3 is 0 Å². The first-order valence-corrected chi connectivity index (χ1v) is 6.50. The number of hydrogen-bond donors (Lipinski definition) is 0. The van der Waals surface area contributed by atoms with E-state index >= 15 is 0 Å². The Labute approximate surface area is 54.0 Å². The van der Waals surface area contributed by atoms with E-state index < -0.39 is 8.86 Å². The zero-order valence-corrected chi connectivity index (χ0v) is 6.53. The molecule has 0 aliphatic rings. The Balaban J connectivity index is 3.52. The fourth-order valence-electron chi connectivity index (χ4n) is 0.0113. The van der Waals surface area contributed by atoms with Gasteiger partial charge in [0, 0.05) is 0 Å². The largest absolute Gasteiger partial charge is 0.625 e. The first-order valence-electron chi connectivity index (χ1n) is 0.833. The van der Waals surface area contributed by atoms with Crippen molar-refractivity contribution in [3.05, 3.63) is 0 Å². The molecule has 0 aromatic rings. The van der Waals surface area contributed by atoms with Crippen LogP contribution in [0.15, 0.2) is 0 Å². The van der Waals surface area contributed by atoms with E-state index in [0.29, 0.717) is 0 Å². The first-order chi connectivity index (χ1) is 2.81. The van der Waals surface area contributed by atoms with E-state index in [9.17, 15) is 4.21 Å². The molecule has 0 atom stereocenters. The van der Waals surface area contributed by atoms with Gasteiger partial charge in [0.25, 0.3) is 22.4 Å². The van der Waals surface area contributed by atoms with Gasteiger partial charge in [-0.1, -0.05) is 0 Å². The first kappa shape index (κ1) is 7.03. The molecule has 6 heteroatoms. The molecule has 0 bridgehead atoms. The summed E-state index contributed by atoms with van der Waals surface area (Å²) in [7, 11) is 0.607. The van der Waals surface area contributed by atoms with Crippen LogP contribution in [0.2, 0.25) is 0 Å². The summed E-state index contributed by atoms with van der Waals surface area (Å²) in [5.74, 6) is 0. The summed E-state index contributed by atoms with van der Waals surface area (Å²) < 4.78 is 10.0. The van der Waals surface area contributed by atoms with Gasteiger partial charge in [-0.3, -0.25) is 0 Å². The van der Waals surface area contributed by atoms with Crippen LogP contribution >= 0.6 is 0 Å². The van der Waals surface area contributed by atoms with Crippen LogP contribution in [0.3, 0.4) is 0 Å². The lowest BCUT2D eigenvalue weighted by Gasteiger charge is -1.26. The van der Waals surface area contributed by atoms with Crippen molar-refractivity contribution in [1.29, 1.82) is 0 Å². The van der Waals surface area contributed by atoms with Crippen molar-refractivity contribution in [2.45, 2.75) is 0 Å². The third-order valence-electron chi connectivity index (χ3n) is 0.111. The van der Waals surface area contributed by atoms with Gasteiger partial charge in [-0.05, 0) is 0 Å². The predicted octanol–water partition coefficient (Wildman–Crippen LogP) is -0.346. The second-order valence-corrected chi connectivity index (χ2v) is 6.74. The van der Waals surface area contributed by atoms with Gasteiger partial charge in [0.2, 0.25) is 0 Å². The Morgan fingerprint density at radius 3 is 1.67 bits per heavy atom. The normalized spacial score (nSPS) is 8.17. The van der Waals surface area contributed by atoms with E-state index in [4.69, 9.17) is 0 Å². The van der Waals surface area contributed by atoms with Gasteiger partial charge in [-0.25, -0.2) is 0 Å². The van der Waals surface area contributed by atoms with E-state index in [2.05, 4.69) is 22.4 Å². The van der Waals surface area contributed by atoms with Crippen LogP contribution in [0.25, 0.3) is 0 Å². The van der Waals surface area contributed by atoms with Gasteiger partial charge in [0.15, 0.2) is 0 Å². The highest BCUT2D eigenvalue weighted by Crippen LogP contribution is 1.69. The second kappa shape index (κ2) is 4.20. The minimum Gasteiger partial charge on any atom is -0.134 e. The Morgan fingerprint density at radius 1 is 1.33 bits per heavy atom. The topological polar surface area (TPSA) is 17.1 Å². The Hall–Kier alpha value is 1.03. The molecule has 34 valence electrons. The Bertz CT molecular complexity index is 71.9. The molecule has 0 unspecified atom stereocenters. The lowest BCUT2D eigenvalue weighted by Crippen LogP contribution is -1.74. The van der Waals surface area contributed by atoms with Crippen LogP contribution in [0.5, 0.6) is 0 Å². The molecule has 0 N–H and O–H groups in total. The highest BCUT2D eigenvalue weighted by molar-refractivity contribution is 8.97. The molecule has 6 heavy (non-hydrogen) atoms. The molecule has 0 fully saturated rings. The van der Waals surface area contributed by atoms with Crippen molar-refractivity contribution in [2.75, 3.05) is 0 Å². The van der Waals surface area contributed by atoms with Crippen molar-refractivity contribution in [3.63, 3.8) is 0 Å². The highest BCUT2D eigenvalue weighted by atomic mass is 33.7. The Kier molecular flexibility index (Phi) is 4.92. The molecule has 0 saturated heterocycles. The molecule has 0 spiro atoms. The average Bonchev–Trinajstić information content (AvgIpc) is 1.65. The fourth-order valence-corrected chi connectivity index (χ4v) is 2.76. The van der Waals surface area contributed by atoms with E-state index in [1.54, 1.807) is 0 Å². The number of rotatable bonds is 2. The summed E-state index contributed by atoms with van der Waals surface area (Å²) in [6.07, 6.45) is 0. The molecule has 1 nitrogen and oxygen atoms in total. The van der Waals surface area contributed by atoms with Crippen LogP contribution in [0.1, 0.15) is 0 Å². The lowest BCUT2D eigenvalue weighted by molar-refractivity contribution is 0.699. The van der Waals surface area contributed by atoms with Crippen molar-refractivity contribution in [1.82, 2.24) is 0 Å². The van der Waals surface area contributed by atoms with Crippen LogP contribution in [-0.2, 0) is 49.9 Å². The molecule has 0 aromatic carbocycles. The monoisotopic (exact) mass is 176 g/mol. The zero-order chi connectivity index (χ0) is 4.99. The summed E-state index contributed by atoms with van der Waals surface area (Å²) in [4.78, 5) is 0. The fraction of sp³-hybridized carbons (Fsp3) is 0. The van der Waals surface area contributed by atoms with Crippen LogP contribution in [-0.4, -0.2) is 4.21 Å². The minimum atomic E-state index is -1.07. The smallest absolute Gasteiger partial charge is 0.134 e. The molecule has 0 aliphatic carbocycles. The average molecular weight is 176 g/mol. The molecule has 0 rings (SSSR count). The standard InChI is InChI=1S/OS5/c1-6(4-2)5-3/q+2. The van der Waals surface area contributed by atoms with Crippen molar-refractivity contribution < 1.29 is 4.21 Å². The van der Waals surface area contributed by atoms with Crippen LogP contribution in [0.4, 0.5) is 0 Å². The van der Waals surface area contributed by atoms with E-state index in [0.717, 1.165) is 18.7 Å². The van der Waals surface area contributed by atoms with Crippen LogP contribution < -0.4 is 0 Å². The Morgan fingerprint density at radius 2 is 1.67 bits per heavy atom. The second-order valence-electron chi connectivity index (χ2n) is 0.340. The maximum atomic E-state index is 10.0. The summed E-state index contributed by atoms with van der Waals surface area (Å²) in [5.41, 5.74) is 0.